The second kappa shape index (κ2) is 7.43. The normalized spacial score (nSPS) is 16.8. The van der Waals surface area contributed by atoms with Crippen LogP contribution in [0.4, 0.5) is 0 Å². The molecule has 0 N–H and O–H groups in total. The molecule has 0 aliphatic carbocycles. The molecule has 1 aliphatic heterocycles. The standard InChI is InChI=1S/C19H30N2O3/c1-19(2,14-7-8-16(23-5)17(13-14)24-6)18(22)21(4)15-9-11-20(3)12-10-15/h7-8,13,15H,9-12H2,1-6H3. The second-order valence-electron chi connectivity index (χ2n) is 7.15. The summed E-state index contributed by atoms with van der Waals surface area (Å²) in [6.45, 7) is 6.03. The van der Waals surface area contributed by atoms with Gasteiger partial charge in [-0.15, -0.1) is 0 Å². The zero-order chi connectivity index (χ0) is 17.9. The summed E-state index contributed by atoms with van der Waals surface area (Å²) in [6, 6.07) is 6.02. The molecular formula is C19H30N2O3. The zero-order valence-electron chi connectivity index (χ0n) is 15.8. The van der Waals surface area contributed by atoms with Crippen molar-refractivity contribution in [3.8, 4) is 11.5 Å². The smallest absolute Gasteiger partial charge is 0.232 e. The molecule has 0 spiro atoms. The maximum atomic E-state index is 13.1. The van der Waals surface area contributed by atoms with Gasteiger partial charge in [-0.2, -0.15) is 0 Å². The fraction of sp³-hybridized carbons (Fsp3) is 0.632. The zero-order valence-corrected chi connectivity index (χ0v) is 15.8. The lowest BCUT2D eigenvalue weighted by Gasteiger charge is -2.39. The Bertz CT molecular complexity index is 578. The summed E-state index contributed by atoms with van der Waals surface area (Å²) in [5.74, 6) is 1.47. The topological polar surface area (TPSA) is 42.0 Å². The van der Waals surface area contributed by atoms with Crippen LogP contribution < -0.4 is 9.47 Å². The number of methoxy groups -OCH3 is 2. The Labute approximate surface area is 145 Å². The molecule has 1 amide bonds. The van der Waals surface area contributed by atoms with Crippen LogP contribution in [-0.4, -0.2) is 63.2 Å². The summed E-state index contributed by atoms with van der Waals surface area (Å²) in [5.41, 5.74) is 0.322. The molecule has 0 bridgehead atoms. The van der Waals surface area contributed by atoms with Gasteiger partial charge in [0.05, 0.1) is 19.6 Å². The highest BCUT2D eigenvalue weighted by Gasteiger charge is 2.36. The molecule has 5 heteroatoms. The highest BCUT2D eigenvalue weighted by Crippen LogP contribution is 2.34. The van der Waals surface area contributed by atoms with Crippen molar-refractivity contribution in [2.75, 3.05) is 41.4 Å². The fourth-order valence-corrected chi connectivity index (χ4v) is 3.34. The minimum absolute atomic E-state index is 0.143. The van der Waals surface area contributed by atoms with Crippen LogP contribution in [-0.2, 0) is 10.2 Å². The van der Waals surface area contributed by atoms with Crippen molar-refractivity contribution < 1.29 is 14.3 Å². The van der Waals surface area contributed by atoms with Crippen LogP contribution in [0, 0.1) is 0 Å². The molecule has 1 saturated heterocycles. The van der Waals surface area contributed by atoms with Crippen LogP contribution in [0.25, 0.3) is 0 Å². The molecule has 0 saturated carbocycles. The van der Waals surface area contributed by atoms with Crippen LogP contribution in [0.1, 0.15) is 32.3 Å². The number of nitrogens with zero attached hydrogens (tertiary/aromatic N) is 2. The van der Waals surface area contributed by atoms with E-state index in [1.807, 2.05) is 44.0 Å². The Hall–Kier alpha value is -1.75. The maximum absolute atomic E-state index is 13.1. The number of hydrogen-bond donors (Lipinski definition) is 0. The van der Waals surface area contributed by atoms with Crippen LogP contribution in [0.2, 0.25) is 0 Å². The first-order valence-corrected chi connectivity index (χ1v) is 8.49. The first-order chi connectivity index (χ1) is 11.3. The van der Waals surface area contributed by atoms with Gasteiger partial charge in [-0.05, 0) is 64.5 Å². The van der Waals surface area contributed by atoms with Gasteiger partial charge in [-0.25, -0.2) is 0 Å². The monoisotopic (exact) mass is 334 g/mol. The van der Waals surface area contributed by atoms with E-state index in [1.165, 1.54) is 0 Å². The minimum atomic E-state index is -0.613. The van der Waals surface area contributed by atoms with Gasteiger partial charge >= 0.3 is 0 Å². The van der Waals surface area contributed by atoms with Crippen molar-refractivity contribution in [1.29, 1.82) is 0 Å². The summed E-state index contributed by atoms with van der Waals surface area (Å²) in [6.07, 6.45) is 2.06. The molecule has 0 radical (unpaired) electrons. The van der Waals surface area contributed by atoms with Crippen LogP contribution >= 0.6 is 0 Å². The van der Waals surface area contributed by atoms with E-state index in [2.05, 4.69) is 11.9 Å². The lowest BCUT2D eigenvalue weighted by atomic mass is 9.82. The van der Waals surface area contributed by atoms with Gasteiger partial charge in [0, 0.05) is 13.1 Å². The molecule has 1 fully saturated rings. The van der Waals surface area contributed by atoms with Crippen molar-refractivity contribution >= 4 is 5.91 Å². The van der Waals surface area contributed by atoms with E-state index in [4.69, 9.17) is 9.47 Å². The lowest BCUT2D eigenvalue weighted by Crippen LogP contribution is -2.49. The van der Waals surface area contributed by atoms with E-state index in [-0.39, 0.29) is 5.91 Å². The molecule has 1 aliphatic rings. The molecule has 2 rings (SSSR count). The maximum Gasteiger partial charge on any atom is 0.232 e. The van der Waals surface area contributed by atoms with Crippen molar-refractivity contribution in [1.82, 2.24) is 9.80 Å². The number of carbonyl (C=O) groups excluding carboxylic acids is 1. The summed E-state index contributed by atoms with van der Waals surface area (Å²) in [4.78, 5) is 17.4. The predicted molar refractivity (Wildman–Crippen MR) is 95.9 cm³/mol. The molecular weight excluding hydrogens is 304 g/mol. The van der Waals surface area contributed by atoms with Crippen molar-refractivity contribution in [3.63, 3.8) is 0 Å². The average molecular weight is 334 g/mol. The molecule has 1 aromatic carbocycles. The van der Waals surface area contributed by atoms with Gasteiger partial charge in [0.2, 0.25) is 5.91 Å². The minimum Gasteiger partial charge on any atom is -0.493 e. The number of rotatable bonds is 5. The second-order valence-corrected chi connectivity index (χ2v) is 7.15. The fourth-order valence-electron chi connectivity index (χ4n) is 3.34. The Morgan fingerprint density at radius 1 is 1.17 bits per heavy atom. The predicted octanol–water partition coefficient (Wildman–Crippen LogP) is 2.53. The molecule has 0 atom stereocenters. The van der Waals surface area contributed by atoms with Crippen molar-refractivity contribution in [2.45, 2.75) is 38.1 Å². The largest absolute Gasteiger partial charge is 0.493 e. The summed E-state index contributed by atoms with van der Waals surface area (Å²) in [7, 11) is 7.29. The van der Waals surface area contributed by atoms with Gasteiger partial charge in [-0.1, -0.05) is 6.07 Å². The third-order valence-electron chi connectivity index (χ3n) is 5.20. The number of benzene rings is 1. The highest BCUT2D eigenvalue weighted by molar-refractivity contribution is 5.87. The van der Waals surface area contributed by atoms with Gasteiger partial charge in [0.25, 0.3) is 0 Å². The Morgan fingerprint density at radius 2 is 1.75 bits per heavy atom. The van der Waals surface area contributed by atoms with E-state index >= 15 is 0 Å². The lowest BCUT2D eigenvalue weighted by molar-refractivity contribution is -0.137. The Kier molecular flexibility index (Phi) is 5.75. The summed E-state index contributed by atoms with van der Waals surface area (Å²) in [5, 5.41) is 0. The van der Waals surface area contributed by atoms with Crippen LogP contribution in [0.15, 0.2) is 18.2 Å². The van der Waals surface area contributed by atoms with E-state index in [1.54, 1.807) is 14.2 Å². The third kappa shape index (κ3) is 3.66. The molecule has 5 nitrogen and oxygen atoms in total. The SMILES string of the molecule is COc1ccc(C(C)(C)C(=O)N(C)C2CCN(C)CC2)cc1OC. The number of likely N-dealkylation sites (tertiary alicyclic amines) is 1. The van der Waals surface area contributed by atoms with E-state index in [9.17, 15) is 4.79 Å². The van der Waals surface area contributed by atoms with Gasteiger partial charge in [0.1, 0.15) is 0 Å². The van der Waals surface area contributed by atoms with Crippen LogP contribution in [0.5, 0.6) is 11.5 Å². The molecule has 1 heterocycles. The van der Waals surface area contributed by atoms with E-state index < -0.39 is 5.41 Å². The number of likely N-dealkylation sites (N-methyl/N-ethyl adjacent to an activating group) is 1. The molecule has 1 aromatic rings. The Balaban J connectivity index is 2.20. The number of amides is 1. The van der Waals surface area contributed by atoms with Crippen LogP contribution in [0.3, 0.4) is 0 Å². The van der Waals surface area contributed by atoms with Crippen molar-refractivity contribution in [3.05, 3.63) is 23.8 Å². The number of piperidine rings is 1. The first kappa shape index (κ1) is 18.6. The molecule has 0 aromatic heterocycles. The Morgan fingerprint density at radius 3 is 2.29 bits per heavy atom. The average Bonchev–Trinajstić information content (AvgIpc) is 2.60. The number of hydrogen-bond acceptors (Lipinski definition) is 4. The molecule has 0 unspecified atom stereocenters. The highest BCUT2D eigenvalue weighted by atomic mass is 16.5. The quantitative estimate of drug-likeness (QED) is 0.830. The van der Waals surface area contributed by atoms with E-state index in [0.717, 1.165) is 31.5 Å². The van der Waals surface area contributed by atoms with Gasteiger partial charge < -0.3 is 19.3 Å². The van der Waals surface area contributed by atoms with E-state index in [0.29, 0.717) is 17.5 Å². The van der Waals surface area contributed by atoms with Gasteiger partial charge in [0.15, 0.2) is 11.5 Å². The summed E-state index contributed by atoms with van der Waals surface area (Å²) >= 11 is 0. The summed E-state index contributed by atoms with van der Waals surface area (Å²) < 4.78 is 10.7. The first-order valence-electron chi connectivity index (χ1n) is 8.49. The number of ether oxygens (including phenoxy) is 2. The van der Waals surface area contributed by atoms with Gasteiger partial charge in [-0.3, -0.25) is 4.79 Å². The number of carbonyl (C=O) groups is 1. The molecule has 134 valence electrons. The van der Waals surface area contributed by atoms with Crippen molar-refractivity contribution in [2.24, 2.45) is 0 Å². The molecule has 24 heavy (non-hydrogen) atoms. The third-order valence-corrected chi connectivity index (χ3v) is 5.20.